The molecular weight excluding hydrogens is 292 g/mol. The van der Waals surface area contributed by atoms with E-state index < -0.39 is 5.91 Å². The van der Waals surface area contributed by atoms with E-state index >= 15 is 0 Å². The molecule has 0 unspecified atom stereocenters. The number of nitrogens with zero attached hydrogens (tertiary/aromatic N) is 1. The van der Waals surface area contributed by atoms with Crippen molar-refractivity contribution in [3.8, 4) is 0 Å². The number of aryl methyl sites for hydroxylation is 2. The van der Waals surface area contributed by atoms with Crippen LogP contribution in [0.2, 0.25) is 0 Å². The molecule has 1 heterocycles. The lowest BCUT2D eigenvalue weighted by atomic mass is 10.1. The van der Waals surface area contributed by atoms with Crippen molar-refractivity contribution in [2.24, 2.45) is 0 Å². The molecule has 0 saturated carbocycles. The van der Waals surface area contributed by atoms with Gasteiger partial charge in [0.25, 0.3) is 11.8 Å². The molecule has 0 spiro atoms. The molecule has 1 N–H and O–H groups in total. The smallest absolute Gasteiger partial charge is 0.268 e. The highest BCUT2D eigenvalue weighted by Gasteiger charge is 2.38. The third kappa shape index (κ3) is 2.50. The summed E-state index contributed by atoms with van der Waals surface area (Å²) >= 11 is 0. The number of imide groups is 1. The molecule has 1 aliphatic rings. The third-order valence-electron chi connectivity index (χ3n) is 3.69. The number of carbonyl (C=O) groups is 3. The molecule has 2 aromatic carbocycles. The summed E-state index contributed by atoms with van der Waals surface area (Å²) in [5.41, 5.74) is 3.40. The molecule has 23 heavy (non-hydrogen) atoms. The fourth-order valence-electron chi connectivity index (χ4n) is 2.89. The van der Waals surface area contributed by atoms with Crippen LogP contribution in [0.15, 0.2) is 36.4 Å². The molecule has 3 amide bonds. The monoisotopic (exact) mass is 308 g/mol. The second kappa shape index (κ2) is 5.35. The third-order valence-corrected chi connectivity index (χ3v) is 3.69. The lowest BCUT2D eigenvalue weighted by molar-refractivity contribution is -0.114. The summed E-state index contributed by atoms with van der Waals surface area (Å²) < 4.78 is 0. The predicted molar refractivity (Wildman–Crippen MR) is 87.8 cm³/mol. The van der Waals surface area contributed by atoms with E-state index in [9.17, 15) is 14.4 Å². The molecule has 0 atom stereocenters. The van der Waals surface area contributed by atoms with Gasteiger partial charge in [-0.15, -0.1) is 0 Å². The second-order valence-electron chi connectivity index (χ2n) is 5.70. The maximum absolute atomic E-state index is 12.8. The Balaban J connectivity index is 2.12. The van der Waals surface area contributed by atoms with Gasteiger partial charge < -0.3 is 5.32 Å². The molecule has 0 fully saturated rings. The summed E-state index contributed by atoms with van der Waals surface area (Å²) in [6.45, 7) is 5.19. The first kappa shape index (κ1) is 15.0. The van der Waals surface area contributed by atoms with E-state index in [-0.39, 0.29) is 17.4 Å². The zero-order valence-electron chi connectivity index (χ0n) is 13.1. The summed E-state index contributed by atoms with van der Waals surface area (Å²) in [4.78, 5) is 37.9. The highest BCUT2D eigenvalue weighted by atomic mass is 16.2. The van der Waals surface area contributed by atoms with Gasteiger partial charge in [-0.25, -0.2) is 4.90 Å². The Kier molecular flexibility index (Phi) is 3.48. The fourth-order valence-corrected chi connectivity index (χ4v) is 2.89. The summed E-state index contributed by atoms with van der Waals surface area (Å²) in [6.07, 6.45) is 0. The van der Waals surface area contributed by atoms with Gasteiger partial charge in [0.05, 0.1) is 22.5 Å². The molecular formula is C18H16N2O3. The summed E-state index contributed by atoms with van der Waals surface area (Å²) in [5, 5.41) is 2.61. The van der Waals surface area contributed by atoms with Gasteiger partial charge in [0.2, 0.25) is 5.91 Å². The molecule has 0 radical (unpaired) electrons. The van der Waals surface area contributed by atoms with E-state index in [2.05, 4.69) is 5.32 Å². The predicted octanol–water partition coefficient (Wildman–Crippen LogP) is 3.06. The molecule has 1 aliphatic heterocycles. The van der Waals surface area contributed by atoms with Crippen LogP contribution in [0.1, 0.15) is 38.8 Å². The fraction of sp³-hybridized carbons (Fsp3) is 0.167. The van der Waals surface area contributed by atoms with Crippen LogP contribution in [0.4, 0.5) is 11.4 Å². The summed E-state index contributed by atoms with van der Waals surface area (Å²) in [5.74, 6) is -1.08. The van der Waals surface area contributed by atoms with E-state index in [0.29, 0.717) is 16.9 Å². The number of anilines is 2. The SMILES string of the molecule is CC(=O)Nc1cccc2c1C(=O)N(c1cc(C)cc(C)c1)C2=O. The first-order valence-electron chi connectivity index (χ1n) is 7.26. The van der Waals surface area contributed by atoms with Crippen molar-refractivity contribution in [1.29, 1.82) is 0 Å². The van der Waals surface area contributed by atoms with Crippen molar-refractivity contribution in [2.45, 2.75) is 20.8 Å². The van der Waals surface area contributed by atoms with Gasteiger partial charge >= 0.3 is 0 Å². The molecule has 0 saturated heterocycles. The van der Waals surface area contributed by atoms with Crippen molar-refractivity contribution < 1.29 is 14.4 Å². The molecule has 5 heteroatoms. The number of amides is 3. The van der Waals surface area contributed by atoms with Crippen LogP contribution in [0.25, 0.3) is 0 Å². The number of benzene rings is 2. The normalized spacial score (nSPS) is 13.3. The molecule has 0 aromatic heterocycles. The number of rotatable bonds is 2. The number of carbonyl (C=O) groups excluding carboxylic acids is 3. The lowest BCUT2D eigenvalue weighted by Crippen LogP contribution is -2.29. The Morgan fingerprint density at radius 3 is 2.26 bits per heavy atom. The second-order valence-corrected chi connectivity index (χ2v) is 5.70. The zero-order chi connectivity index (χ0) is 16.7. The molecule has 3 rings (SSSR count). The van der Waals surface area contributed by atoms with Gasteiger partial charge in [-0.05, 0) is 49.2 Å². The molecule has 2 aromatic rings. The quantitative estimate of drug-likeness (QED) is 0.867. The van der Waals surface area contributed by atoms with Gasteiger partial charge in [0.1, 0.15) is 0 Å². The Hall–Kier alpha value is -2.95. The number of fused-ring (bicyclic) bond motifs is 1. The van der Waals surface area contributed by atoms with E-state index in [1.54, 1.807) is 30.3 Å². The maximum Gasteiger partial charge on any atom is 0.268 e. The van der Waals surface area contributed by atoms with E-state index in [0.717, 1.165) is 16.0 Å². The number of hydrogen-bond acceptors (Lipinski definition) is 3. The lowest BCUT2D eigenvalue weighted by Gasteiger charge is -2.15. The standard InChI is InChI=1S/C18H16N2O3/c1-10-7-11(2)9-13(8-10)20-17(22)14-5-4-6-15(19-12(3)21)16(14)18(20)23/h4-9H,1-3H3,(H,19,21). The number of nitrogens with one attached hydrogen (secondary N) is 1. The van der Waals surface area contributed by atoms with Crippen LogP contribution in [0.3, 0.4) is 0 Å². The van der Waals surface area contributed by atoms with Crippen LogP contribution in [0, 0.1) is 13.8 Å². The van der Waals surface area contributed by atoms with Crippen LogP contribution >= 0.6 is 0 Å². The average molecular weight is 308 g/mol. The largest absolute Gasteiger partial charge is 0.326 e. The van der Waals surface area contributed by atoms with E-state index in [4.69, 9.17) is 0 Å². The van der Waals surface area contributed by atoms with Crippen molar-refractivity contribution in [2.75, 3.05) is 10.2 Å². The zero-order valence-corrected chi connectivity index (χ0v) is 13.1. The Bertz CT molecular complexity index is 835. The van der Waals surface area contributed by atoms with Crippen LogP contribution < -0.4 is 10.2 Å². The highest BCUT2D eigenvalue weighted by Crippen LogP contribution is 2.33. The van der Waals surface area contributed by atoms with Crippen molar-refractivity contribution in [3.05, 3.63) is 58.7 Å². The maximum atomic E-state index is 12.8. The Labute approximate surface area is 133 Å². The van der Waals surface area contributed by atoms with Crippen molar-refractivity contribution in [3.63, 3.8) is 0 Å². The first-order valence-corrected chi connectivity index (χ1v) is 7.26. The van der Waals surface area contributed by atoms with Gasteiger partial charge in [-0.3, -0.25) is 14.4 Å². The van der Waals surface area contributed by atoms with E-state index in [1.807, 2.05) is 19.9 Å². The van der Waals surface area contributed by atoms with Gasteiger partial charge in [0.15, 0.2) is 0 Å². The van der Waals surface area contributed by atoms with Crippen LogP contribution in [-0.2, 0) is 4.79 Å². The van der Waals surface area contributed by atoms with Crippen molar-refractivity contribution >= 4 is 29.1 Å². The Morgan fingerprint density at radius 1 is 1.00 bits per heavy atom. The van der Waals surface area contributed by atoms with Crippen LogP contribution in [-0.4, -0.2) is 17.7 Å². The molecule has 0 bridgehead atoms. The summed E-state index contributed by atoms with van der Waals surface area (Å²) in [6, 6.07) is 10.4. The molecule has 116 valence electrons. The Morgan fingerprint density at radius 2 is 1.65 bits per heavy atom. The molecule has 5 nitrogen and oxygen atoms in total. The van der Waals surface area contributed by atoms with E-state index in [1.165, 1.54) is 6.92 Å². The topological polar surface area (TPSA) is 66.5 Å². The minimum atomic E-state index is -0.417. The van der Waals surface area contributed by atoms with Gasteiger partial charge in [-0.2, -0.15) is 0 Å². The van der Waals surface area contributed by atoms with Crippen LogP contribution in [0.5, 0.6) is 0 Å². The van der Waals surface area contributed by atoms with Crippen molar-refractivity contribution in [1.82, 2.24) is 0 Å². The summed E-state index contributed by atoms with van der Waals surface area (Å²) in [7, 11) is 0. The first-order chi connectivity index (χ1) is 10.9. The minimum Gasteiger partial charge on any atom is -0.326 e. The minimum absolute atomic E-state index is 0.242. The van der Waals surface area contributed by atoms with Gasteiger partial charge in [-0.1, -0.05) is 12.1 Å². The highest BCUT2D eigenvalue weighted by molar-refractivity contribution is 6.36. The average Bonchev–Trinajstić information content (AvgIpc) is 2.70. The number of hydrogen-bond donors (Lipinski definition) is 1. The molecule has 0 aliphatic carbocycles. The van der Waals surface area contributed by atoms with Gasteiger partial charge in [0, 0.05) is 6.92 Å².